The van der Waals surface area contributed by atoms with Crippen LogP contribution in [0.1, 0.15) is 90.9 Å². The molecule has 2 amide bonds. The van der Waals surface area contributed by atoms with Gasteiger partial charge in [-0.15, -0.1) is 0 Å². The fraction of sp³-hybridized carbons (Fsp3) is 0.636. The van der Waals surface area contributed by atoms with Gasteiger partial charge in [-0.1, -0.05) is 19.8 Å². The number of carbonyl (C=O) groups is 2. The highest BCUT2D eigenvalue weighted by Gasteiger charge is 2.34. The molecule has 2 aliphatic heterocycles. The Balaban J connectivity index is 1.56. The summed E-state index contributed by atoms with van der Waals surface area (Å²) >= 11 is 0. The number of H-pyrrole nitrogens is 1. The van der Waals surface area contributed by atoms with Crippen LogP contribution in [0.2, 0.25) is 0 Å². The van der Waals surface area contributed by atoms with Crippen LogP contribution in [0.25, 0.3) is 0 Å². The molecule has 2 aliphatic rings. The Bertz CT molecular complexity index is 865. The Morgan fingerprint density at radius 2 is 1.83 bits per heavy atom. The van der Waals surface area contributed by atoms with Gasteiger partial charge in [-0.05, 0) is 44.6 Å². The molecule has 0 radical (unpaired) electrons. The normalized spacial score (nSPS) is 20.2. The molecule has 2 aromatic rings. The topological polar surface area (TPSA) is 87.1 Å². The second kappa shape index (κ2) is 9.45. The lowest BCUT2D eigenvalue weighted by molar-refractivity contribution is 0.0590. The highest BCUT2D eigenvalue weighted by Crippen LogP contribution is 2.33. The van der Waals surface area contributed by atoms with Crippen LogP contribution < -0.4 is 0 Å². The minimum Gasteiger partial charge on any atom is -0.339 e. The van der Waals surface area contributed by atoms with Gasteiger partial charge in [0.15, 0.2) is 0 Å². The number of piperidine rings is 1. The van der Waals surface area contributed by atoms with Gasteiger partial charge in [0, 0.05) is 32.4 Å². The predicted octanol–water partition coefficient (Wildman–Crippen LogP) is 3.40. The van der Waals surface area contributed by atoms with Crippen molar-refractivity contribution in [2.24, 2.45) is 0 Å². The summed E-state index contributed by atoms with van der Waals surface area (Å²) in [5, 5.41) is 11.7. The third-order valence-electron chi connectivity index (χ3n) is 6.20. The minimum atomic E-state index is -0.170. The van der Waals surface area contributed by atoms with Gasteiger partial charge in [0.2, 0.25) is 0 Å². The fourth-order valence-electron chi connectivity index (χ4n) is 4.62. The average Bonchev–Trinajstić information content (AvgIpc) is 3.36. The first-order valence-electron chi connectivity index (χ1n) is 11.4. The Hall–Kier alpha value is -2.64. The van der Waals surface area contributed by atoms with Crippen LogP contribution in [0.3, 0.4) is 0 Å². The van der Waals surface area contributed by atoms with E-state index in [1.807, 2.05) is 20.7 Å². The van der Waals surface area contributed by atoms with Crippen LogP contribution in [-0.4, -0.2) is 61.2 Å². The summed E-state index contributed by atoms with van der Waals surface area (Å²) < 4.78 is 1.82. The zero-order valence-electron chi connectivity index (χ0n) is 17.8. The Morgan fingerprint density at radius 3 is 2.60 bits per heavy atom. The maximum atomic E-state index is 13.3. The molecule has 2 saturated heterocycles. The first kappa shape index (κ1) is 20.6. The molecule has 1 atom stereocenters. The first-order valence-corrected chi connectivity index (χ1v) is 11.4. The smallest absolute Gasteiger partial charge is 0.274 e. The number of likely N-dealkylation sites (tertiary alicyclic amines) is 2. The predicted molar refractivity (Wildman–Crippen MR) is 113 cm³/mol. The van der Waals surface area contributed by atoms with Gasteiger partial charge in [0.25, 0.3) is 11.8 Å². The molecular formula is C22H32N6O2. The van der Waals surface area contributed by atoms with Gasteiger partial charge in [0.05, 0.1) is 23.5 Å². The zero-order chi connectivity index (χ0) is 20.9. The number of carbonyl (C=O) groups excluding carboxylic acids is 2. The number of nitrogens with one attached hydrogen (secondary N) is 1. The maximum Gasteiger partial charge on any atom is 0.274 e. The highest BCUT2D eigenvalue weighted by molar-refractivity contribution is 5.96. The van der Waals surface area contributed by atoms with Crippen molar-refractivity contribution in [2.75, 3.05) is 19.6 Å². The SMILES string of the molecule is CCCn1ccc(C(=O)N2CCCCC2c2[nH]ncc2C(=O)N2CCCCCC2)n1. The summed E-state index contributed by atoms with van der Waals surface area (Å²) in [5.74, 6) is -0.0387. The third-order valence-corrected chi connectivity index (χ3v) is 6.20. The van der Waals surface area contributed by atoms with Gasteiger partial charge in [-0.2, -0.15) is 10.2 Å². The van der Waals surface area contributed by atoms with Gasteiger partial charge >= 0.3 is 0 Å². The van der Waals surface area contributed by atoms with Crippen molar-refractivity contribution in [3.63, 3.8) is 0 Å². The van der Waals surface area contributed by atoms with Gasteiger partial charge in [0.1, 0.15) is 5.69 Å². The fourth-order valence-corrected chi connectivity index (χ4v) is 4.62. The lowest BCUT2D eigenvalue weighted by atomic mass is 9.96. The Morgan fingerprint density at radius 1 is 1.07 bits per heavy atom. The highest BCUT2D eigenvalue weighted by atomic mass is 16.2. The van der Waals surface area contributed by atoms with Crippen molar-refractivity contribution in [3.8, 4) is 0 Å². The summed E-state index contributed by atoms with van der Waals surface area (Å²) in [5.41, 5.74) is 1.85. The Kier molecular flexibility index (Phi) is 6.50. The molecule has 2 aromatic heterocycles. The van der Waals surface area contributed by atoms with E-state index < -0.39 is 0 Å². The molecule has 30 heavy (non-hydrogen) atoms. The number of aromatic amines is 1. The number of hydrogen-bond donors (Lipinski definition) is 1. The van der Waals surface area contributed by atoms with Crippen molar-refractivity contribution < 1.29 is 9.59 Å². The molecule has 8 heteroatoms. The second-order valence-electron chi connectivity index (χ2n) is 8.38. The van der Waals surface area contributed by atoms with Crippen molar-refractivity contribution in [2.45, 2.75) is 70.9 Å². The van der Waals surface area contributed by atoms with Crippen molar-refractivity contribution in [1.82, 2.24) is 29.8 Å². The van der Waals surface area contributed by atoms with E-state index in [0.29, 0.717) is 17.8 Å². The van der Waals surface area contributed by atoms with E-state index in [1.54, 1.807) is 12.3 Å². The molecule has 4 heterocycles. The van der Waals surface area contributed by atoms with E-state index in [1.165, 1.54) is 12.8 Å². The largest absolute Gasteiger partial charge is 0.339 e. The van der Waals surface area contributed by atoms with Crippen LogP contribution >= 0.6 is 0 Å². The molecule has 1 N–H and O–H groups in total. The number of rotatable bonds is 5. The van der Waals surface area contributed by atoms with E-state index in [-0.39, 0.29) is 17.9 Å². The second-order valence-corrected chi connectivity index (χ2v) is 8.38. The van der Waals surface area contributed by atoms with Crippen molar-refractivity contribution >= 4 is 11.8 Å². The number of hydrogen-bond acceptors (Lipinski definition) is 4. The van der Waals surface area contributed by atoms with E-state index in [0.717, 1.165) is 63.9 Å². The van der Waals surface area contributed by atoms with Gasteiger partial charge in [-0.3, -0.25) is 19.4 Å². The molecule has 0 aromatic carbocycles. The summed E-state index contributed by atoms with van der Waals surface area (Å²) in [6.45, 7) is 5.15. The number of aromatic nitrogens is 4. The molecule has 2 fully saturated rings. The van der Waals surface area contributed by atoms with Gasteiger partial charge < -0.3 is 9.80 Å². The van der Waals surface area contributed by atoms with E-state index in [4.69, 9.17) is 0 Å². The minimum absolute atomic E-state index is 0.0332. The lowest BCUT2D eigenvalue weighted by Crippen LogP contribution is -2.40. The molecule has 1 unspecified atom stereocenters. The van der Waals surface area contributed by atoms with Crippen LogP contribution in [0.15, 0.2) is 18.5 Å². The summed E-state index contributed by atoms with van der Waals surface area (Å²) in [7, 11) is 0. The van der Waals surface area contributed by atoms with E-state index >= 15 is 0 Å². The van der Waals surface area contributed by atoms with Crippen LogP contribution in [0, 0.1) is 0 Å². The number of nitrogens with zero attached hydrogens (tertiary/aromatic N) is 5. The van der Waals surface area contributed by atoms with Crippen LogP contribution in [0.4, 0.5) is 0 Å². The molecule has 0 saturated carbocycles. The average molecular weight is 413 g/mol. The van der Waals surface area contributed by atoms with Crippen LogP contribution in [-0.2, 0) is 6.54 Å². The lowest BCUT2D eigenvalue weighted by Gasteiger charge is -2.35. The molecule has 162 valence electrons. The molecular weight excluding hydrogens is 380 g/mol. The van der Waals surface area contributed by atoms with Crippen LogP contribution in [0.5, 0.6) is 0 Å². The van der Waals surface area contributed by atoms with Crippen molar-refractivity contribution in [3.05, 3.63) is 35.4 Å². The maximum absolute atomic E-state index is 13.3. The first-order chi connectivity index (χ1) is 14.7. The molecule has 0 aliphatic carbocycles. The molecule has 0 spiro atoms. The zero-order valence-corrected chi connectivity index (χ0v) is 17.8. The molecule has 4 rings (SSSR count). The monoisotopic (exact) mass is 412 g/mol. The summed E-state index contributed by atoms with van der Waals surface area (Å²) in [6.07, 6.45) is 11.7. The molecule has 8 nitrogen and oxygen atoms in total. The molecule has 0 bridgehead atoms. The van der Waals surface area contributed by atoms with E-state index in [9.17, 15) is 9.59 Å². The number of aryl methyl sites for hydroxylation is 1. The summed E-state index contributed by atoms with van der Waals surface area (Å²) in [6, 6.07) is 1.62. The van der Waals surface area contributed by atoms with Gasteiger partial charge in [-0.25, -0.2) is 0 Å². The Labute approximate surface area is 177 Å². The quantitative estimate of drug-likeness (QED) is 0.815. The number of amides is 2. The standard InChI is InChI=1S/C22H32N6O2/c1-2-11-27-15-10-18(25-27)22(30)28-14-8-5-9-19(28)20-17(16-23-24-20)21(29)26-12-6-3-4-7-13-26/h10,15-16,19H,2-9,11-14H2,1H3,(H,23,24). The van der Waals surface area contributed by atoms with E-state index in [2.05, 4.69) is 22.2 Å². The van der Waals surface area contributed by atoms with Crippen molar-refractivity contribution in [1.29, 1.82) is 0 Å². The third kappa shape index (κ3) is 4.27. The summed E-state index contributed by atoms with van der Waals surface area (Å²) in [4.78, 5) is 30.3.